The van der Waals surface area contributed by atoms with Crippen molar-refractivity contribution in [3.8, 4) is 0 Å². The van der Waals surface area contributed by atoms with E-state index in [2.05, 4.69) is 17.3 Å². The maximum absolute atomic E-state index is 12.5. The number of carbonyl (C=O) groups excluding carboxylic acids is 2. The van der Waals surface area contributed by atoms with Crippen LogP contribution < -0.4 is 5.32 Å². The summed E-state index contributed by atoms with van der Waals surface area (Å²) in [6.45, 7) is 7.40. The molecule has 2 amide bonds. The fourth-order valence-corrected chi connectivity index (χ4v) is 2.79. The van der Waals surface area contributed by atoms with Gasteiger partial charge in [-0.2, -0.15) is 0 Å². The molecule has 0 aromatic heterocycles. The number of nitrogens with one attached hydrogen (secondary N) is 1. The summed E-state index contributed by atoms with van der Waals surface area (Å²) in [7, 11) is 2.07. The first-order valence-corrected chi connectivity index (χ1v) is 8.43. The highest BCUT2D eigenvalue weighted by Crippen LogP contribution is 2.16. The molecular formula is C18H27N3O2. The second-order valence-corrected chi connectivity index (χ2v) is 6.18. The number of likely N-dealkylation sites (N-methyl/N-ethyl adjacent to an activating group) is 1. The lowest BCUT2D eigenvalue weighted by Gasteiger charge is -2.32. The Morgan fingerprint density at radius 2 is 1.61 bits per heavy atom. The Kier molecular flexibility index (Phi) is 6.16. The maximum Gasteiger partial charge on any atom is 0.253 e. The van der Waals surface area contributed by atoms with Crippen LogP contribution in [0.1, 0.15) is 37.0 Å². The van der Waals surface area contributed by atoms with Crippen molar-refractivity contribution < 1.29 is 9.59 Å². The van der Waals surface area contributed by atoms with Crippen molar-refractivity contribution in [1.29, 1.82) is 0 Å². The van der Waals surface area contributed by atoms with E-state index >= 15 is 0 Å². The normalized spacial score (nSPS) is 15.7. The van der Waals surface area contributed by atoms with Crippen LogP contribution >= 0.6 is 0 Å². The van der Waals surface area contributed by atoms with Crippen molar-refractivity contribution in [3.63, 3.8) is 0 Å². The number of hydrogen-bond donors (Lipinski definition) is 1. The van der Waals surface area contributed by atoms with Crippen molar-refractivity contribution >= 4 is 17.5 Å². The van der Waals surface area contributed by atoms with Gasteiger partial charge in [-0.25, -0.2) is 0 Å². The Labute approximate surface area is 138 Å². The summed E-state index contributed by atoms with van der Waals surface area (Å²) in [6, 6.07) is 7.21. The first-order chi connectivity index (χ1) is 11.0. The van der Waals surface area contributed by atoms with Crippen LogP contribution in [-0.4, -0.2) is 54.8 Å². The van der Waals surface area contributed by atoms with Crippen molar-refractivity contribution in [1.82, 2.24) is 9.80 Å². The molecule has 0 saturated carbocycles. The zero-order chi connectivity index (χ0) is 16.8. The van der Waals surface area contributed by atoms with Crippen molar-refractivity contribution in [2.45, 2.75) is 26.7 Å². The molecule has 1 aliphatic heterocycles. The van der Waals surface area contributed by atoms with Gasteiger partial charge in [0.25, 0.3) is 5.91 Å². The van der Waals surface area contributed by atoms with E-state index in [1.165, 1.54) is 0 Å². The highest BCUT2D eigenvalue weighted by molar-refractivity contribution is 5.96. The molecule has 2 rings (SSSR count). The highest BCUT2D eigenvalue weighted by atomic mass is 16.2. The third-order valence-corrected chi connectivity index (χ3v) is 4.55. The zero-order valence-electron chi connectivity index (χ0n) is 14.3. The Hall–Kier alpha value is -1.88. The van der Waals surface area contributed by atoms with E-state index in [9.17, 15) is 9.59 Å². The number of carbonyl (C=O) groups is 2. The van der Waals surface area contributed by atoms with Gasteiger partial charge in [-0.1, -0.05) is 13.8 Å². The third-order valence-electron chi connectivity index (χ3n) is 4.55. The molecule has 0 unspecified atom stereocenters. The molecule has 0 radical (unpaired) electrons. The Morgan fingerprint density at radius 3 is 2.13 bits per heavy atom. The summed E-state index contributed by atoms with van der Waals surface area (Å²) in [4.78, 5) is 28.7. The monoisotopic (exact) mass is 317 g/mol. The molecule has 1 fully saturated rings. The number of anilines is 1. The molecule has 0 spiro atoms. The van der Waals surface area contributed by atoms with E-state index in [0.29, 0.717) is 5.56 Å². The van der Waals surface area contributed by atoms with Gasteiger partial charge in [0.15, 0.2) is 0 Å². The third kappa shape index (κ3) is 4.55. The molecule has 0 atom stereocenters. The fraction of sp³-hybridized carbons (Fsp3) is 0.556. The second kappa shape index (κ2) is 8.11. The quantitative estimate of drug-likeness (QED) is 0.907. The zero-order valence-corrected chi connectivity index (χ0v) is 14.3. The minimum atomic E-state index is 0.0432. The summed E-state index contributed by atoms with van der Waals surface area (Å²) in [6.07, 6.45) is 1.67. The molecule has 23 heavy (non-hydrogen) atoms. The lowest BCUT2D eigenvalue weighted by molar-refractivity contribution is -0.120. The van der Waals surface area contributed by atoms with Crippen molar-refractivity contribution in [3.05, 3.63) is 29.8 Å². The van der Waals surface area contributed by atoms with Crippen molar-refractivity contribution in [2.24, 2.45) is 5.92 Å². The number of nitrogens with zero attached hydrogens (tertiary/aromatic N) is 2. The van der Waals surface area contributed by atoms with Crippen LogP contribution in [-0.2, 0) is 4.79 Å². The lowest BCUT2D eigenvalue weighted by Crippen LogP contribution is -2.47. The fourth-order valence-electron chi connectivity index (χ4n) is 2.79. The van der Waals surface area contributed by atoms with Crippen LogP contribution in [0.15, 0.2) is 24.3 Å². The molecule has 0 bridgehead atoms. The minimum absolute atomic E-state index is 0.0432. The summed E-state index contributed by atoms with van der Waals surface area (Å²) in [5.74, 6) is 0.158. The van der Waals surface area contributed by atoms with Gasteiger partial charge >= 0.3 is 0 Å². The SMILES string of the molecule is CCC(CC)C(=O)Nc1ccc(C(=O)N2CCN(C)CC2)cc1. The van der Waals surface area contributed by atoms with E-state index in [1.54, 1.807) is 12.1 Å². The van der Waals surface area contributed by atoms with Gasteiger partial charge in [-0.15, -0.1) is 0 Å². The van der Waals surface area contributed by atoms with Gasteiger partial charge in [0.2, 0.25) is 5.91 Å². The summed E-state index contributed by atoms with van der Waals surface area (Å²) in [5.41, 5.74) is 1.42. The number of hydrogen-bond acceptors (Lipinski definition) is 3. The average Bonchev–Trinajstić information content (AvgIpc) is 2.57. The molecule has 1 aliphatic rings. The van der Waals surface area contributed by atoms with E-state index < -0.39 is 0 Å². The molecule has 126 valence electrons. The smallest absolute Gasteiger partial charge is 0.253 e. The standard InChI is InChI=1S/C18H27N3O2/c1-4-14(5-2)17(22)19-16-8-6-15(7-9-16)18(23)21-12-10-20(3)11-13-21/h6-9,14H,4-5,10-13H2,1-3H3,(H,19,22). The minimum Gasteiger partial charge on any atom is -0.336 e. The summed E-state index contributed by atoms with van der Waals surface area (Å²) in [5, 5.41) is 2.92. The van der Waals surface area contributed by atoms with Crippen LogP contribution in [0.5, 0.6) is 0 Å². The van der Waals surface area contributed by atoms with Gasteiger partial charge in [-0.3, -0.25) is 9.59 Å². The van der Waals surface area contributed by atoms with Gasteiger partial charge in [-0.05, 0) is 44.2 Å². The van der Waals surface area contributed by atoms with Crippen LogP contribution in [0.4, 0.5) is 5.69 Å². The Morgan fingerprint density at radius 1 is 1.04 bits per heavy atom. The summed E-state index contributed by atoms with van der Waals surface area (Å²) < 4.78 is 0. The van der Waals surface area contributed by atoms with E-state index in [4.69, 9.17) is 0 Å². The number of benzene rings is 1. The molecular weight excluding hydrogens is 290 g/mol. The van der Waals surface area contributed by atoms with E-state index in [-0.39, 0.29) is 17.7 Å². The van der Waals surface area contributed by atoms with Gasteiger partial charge < -0.3 is 15.1 Å². The topological polar surface area (TPSA) is 52.7 Å². The molecule has 5 nitrogen and oxygen atoms in total. The first kappa shape index (κ1) is 17.5. The molecule has 1 aromatic rings. The predicted octanol–water partition coefficient (Wildman–Crippen LogP) is 2.45. The van der Waals surface area contributed by atoms with E-state index in [1.807, 2.05) is 30.9 Å². The molecule has 1 N–H and O–H groups in total. The van der Waals surface area contributed by atoms with Gasteiger partial charge in [0.05, 0.1) is 0 Å². The Balaban J connectivity index is 1.96. The number of amides is 2. The highest BCUT2D eigenvalue weighted by Gasteiger charge is 2.20. The molecule has 1 aromatic carbocycles. The molecule has 0 aliphatic carbocycles. The average molecular weight is 317 g/mol. The molecule has 1 saturated heterocycles. The Bertz CT molecular complexity index is 530. The maximum atomic E-state index is 12.5. The number of rotatable bonds is 5. The van der Waals surface area contributed by atoms with Crippen LogP contribution in [0.25, 0.3) is 0 Å². The van der Waals surface area contributed by atoms with Crippen LogP contribution in [0, 0.1) is 5.92 Å². The molecule has 1 heterocycles. The number of piperazine rings is 1. The lowest BCUT2D eigenvalue weighted by atomic mass is 10.0. The largest absolute Gasteiger partial charge is 0.336 e. The van der Waals surface area contributed by atoms with Gasteiger partial charge in [0.1, 0.15) is 0 Å². The van der Waals surface area contributed by atoms with Crippen LogP contribution in [0.3, 0.4) is 0 Å². The first-order valence-electron chi connectivity index (χ1n) is 8.43. The second-order valence-electron chi connectivity index (χ2n) is 6.18. The predicted molar refractivity (Wildman–Crippen MR) is 92.5 cm³/mol. The van der Waals surface area contributed by atoms with E-state index in [0.717, 1.165) is 44.7 Å². The molecule has 5 heteroatoms. The summed E-state index contributed by atoms with van der Waals surface area (Å²) >= 11 is 0. The van der Waals surface area contributed by atoms with Crippen molar-refractivity contribution in [2.75, 3.05) is 38.5 Å². The van der Waals surface area contributed by atoms with Gasteiger partial charge in [0, 0.05) is 43.3 Å². The van der Waals surface area contributed by atoms with Crippen LogP contribution in [0.2, 0.25) is 0 Å².